The molecule has 1 unspecified atom stereocenters. The van der Waals surface area contributed by atoms with Gasteiger partial charge in [-0.3, -0.25) is 4.79 Å². The number of tetrazole rings is 1. The summed E-state index contributed by atoms with van der Waals surface area (Å²) in [6, 6.07) is 7.06. The van der Waals surface area contributed by atoms with Gasteiger partial charge >= 0.3 is 0 Å². The minimum atomic E-state index is -0.148. The Bertz CT molecular complexity index is 505. The molecule has 0 aliphatic rings. The number of carbonyl (C=O) groups excluding carboxylic acids is 1. The van der Waals surface area contributed by atoms with Crippen molar-refractivity contribution in [3.8, 4) is 5.69 Å². The molecule has 0 bridgehead atoms. The third-order valence-corrected chi connectivity index (χ3v) is 2.27. The van der Waals surface area contributed by atoms with Gasteiger partial charge in [0, 0.05) is 18.2 Å². The minimum Gasteiger partial charge on any atom is -0.327 e. The SMILES string of the molecule is CC(N)CC(=O)Nc1ccc(-n2cnnn2)cc1. The predicted octanol–water partition coefficient (Wildman–Crippen LogP) is 0.338. The minimum absolute atomic E-state index is 0.0971. The van der Waals surface area contributed by atoms with E-state index in [0.29, 0.717) is 6.42 Å². The van der Waals surface area contributed by atoms with Gasteiger partial charge in [0.15, 0.2) is 0 Å². The van der Waals surface area contributed by atoms with Crippen molar-refractivity contribution in [2.75, 3.05) is 5.32 Å². The molecule has 2 aromatic rings. The largest absolute Gasteiger partial charge is 0.327 e. The zero-order chi connectivity index (χ0) is 13.0. The standard InChI is InChI=1S/C11H14N6O/c1-8(12)6-11(18)14-9-2-4-10(5-3-9)17-7-13-15-16-17/h2-5,7-8H,6,12H2,1H3,(H,14,18). The lowest BCUT2D eigenvalue weighted by Crippen LogP contribution is -2.23. The quantitative estimate of drug-likeness (QED) is 0.810. The van der Waals surface area contributed by atoms with Crippen LogP contribution in [0.3, 0.4) is 0 Å². The molecular weight excluding hydrogens is 232 g/mol. The van der Waals surface area contributed by atoms with E-state index in [9.17, 15) is 4.79 Å². The second-order valence-electron chi connectivity index (χ2n) is 4.03. The maximum absolute atomic E-state index is 11.5. The number of aromatic nitrogens is 4. The zero-order valence-corrected chi connectivity index (χ0v) is 9.95. The molecule has 0 saturated carbocycles. The number of carbonyl (C=O) groups is 1. The van der Waals surface area contributed by atoms with Gasteiger partial charge in [-0.05, 0) is 41.6 Å². The van der Waals surface area contributed by atoms with Crippen molar-refractivity contribution in [2.24, 2.45) is 5.73 Å². The molecule has 7 heteroatoms. The smallest absolute Gasteiger partial charge is 0.225 e. The normalized spacial score (nSPS) is 12.1. The molecule has 2 rings (SSSR count). The molecule has 0 saturated heterocycles. The molecule has 0 aliphatic heterocycles. The number of nitrogens with one attached hydrogen (secondary N) is 1. The van der Waals surface area contributed by atoms with Gasteiger partial charge < -0.3 is 11.1 Å². The van der Waals surface area contributed by atoms with Gasteiger partial charge in [0.05, 0.1) is 5.69 Å². The summed E-state index contributed by atoms with van der Waals surface area (Å²) in [7, 11) is 0. The van der Waals surface area contributed by atoms with Crippen LogP contribution in [0.25, 0.3) is 5.69 Å². The van der Waals surface area contributed by atoms with Crippen LogP contribution in [0.2, 0.25) is 0 Å². The molecule has 1 aromatic carbocycles. The van der Waals surface area contributed by atoms with E-state index >= 15 is 0 Å². The third kappa shape index (κ3) is 3.11. The summed E-state index contributed by atoms with van der Waals surface area (Å²) in [6.07, 6.45) is 1.80. The fourth-order valence-corrected chi connectivity index (χ4v) is 1.48. The van der Waals surface area contributed by atoms with E-state index in [4.69, 9.17) is 5.73 Å². The zero-order valence-electron chi connectivity index (χ0n) is 9.95. The summed E-state index contributed by atoms with van der Waals surface area (Å²) in [6.45, 7) is 1.79. The van der Waals surface area contributed by atoms with Crippen LogP contribution in [0.5, 0.6) is 0 Å². The highest BCUT2D eigenvalue weighted by Gasteiger charge is 2.05. The van der Waals surface area contributed by atoms with Gasteiger partial charge in [-0.2, -0.15) is 0 Å². The van der Waals surface area contributed by atoms with Gasteiger partial charge in [-0.15, -0.1) is 5.10 Å². The summed E-state index contributed by atoms with van der Waals surface area (Å²) in [5.74, 6) is -0.0971. The number of rotatable bonds is 4. The molecular formula is C11H14N6O. The summed E-state index contributed by atoms with van der Waals surface area (Å²) in [5, 5.41) is 13.6. The highest BCUT2D eigenvalue weighted by Crippen LogP contribution is 2.12. The Kier molecular flexibility index (Phi) is 3.63. The van der Waals surface area contributed by atoms with Crippen LogP contribution in [0.1, 0.15) is 13.3 Å². The maximum atomic E-state index is 11.5. The number of hydrogen-bond acceptors (Lipinski definition) is 5. The van der Waals surface area contributed by atoms with Crippen LogP contribution in [0.15, 0.2) is 30.6 Å². The predicted molar refractivity (Wildman–Crippen MR) is 66.1 cm³/mol. The van der Waals surface area contributed by atoms with Crippen LogP contribution in [-0.4, -0.2) is 32.2 Å². The molecule has 18 heavy (non-hydrogen) atoms. The topological polar surface area (TPSA) is 98.7 Å². The van der Waals surface area contributed by atoms with E-state index < -0.39 is 0 Å². The van der Waals surface area contributed by atoms with Crippen molar-refractivity contribution in [3.05, 3.63) is 30.6 Å². The van der Waals surface area contributed by atoms with E-state index in [1.165, 1.54) is 11.0 Å². The Morgan fingerprint density at radius 1 is 1.44 bits per heavy atom. The van der Waals surface area contributed by atoms with E-state index in [1.54, 1.807) is 19.1 Å². The van der Waals surface area contributed by atoms with Gasteiger partial charge in [0.2, 0.25) is 5.91 Å². The van der Waals surface area contributed by atoms with E-state index in [-0.39, 0.29) is 11.9 Å². The van der Waals surface area contributed by atoms with Gasteiger partial charge in [0.1, 0.15) is 6.33 Å². The Hall–Kier alpha value is -2.28. The Labute approximate surface area is 104 Å². The van der Waals surface area contributed by atoms with Crippen molar-refractivity contribution < 1.29 is 4.79 Å². The lowest BCUT2D eigenvalue weighted by atomic mass is 10.2. The highest BCUT2D eigenvalue weighted by atomic mass is 16.1. The number of anilines is 1. The molecule has 94 valence electrons. The Morgan fingerprint density at radius 2 is 2.17 bits per heavy atom. The molecule has 0 spiro atoms. The third-order valence-electron chi connectivity index (χ3n) is 2.27. The lowest BCUT2D eigenvalue weighted by Gasteiger charge is -2.07. The summed E-state index contributed by atoms with van der Waals surface area (Å²) in [4.78, 5) is 11.5. The lowest BCUT2D eigenvalue weighted by molar-refractivity contribution is -0.116. The first-order valence-corrected chi connectivity index (χ1v) is 5.54. The number of amides is 1. The van der Waals surface area contributed by atoms with Crippen molar-refractivity contribution in [1.29, 1.82) is 0 Å². The fraction of sp³-hybridized carbons (Fsp3) is 0.273. The van der Waals surface area contributed by atoms with Crippen molar-refractivity contribution >= 4 is 11.6 Å². The monoisotopic (exact) mass is 246 g/mol. The molecule has 1 aromatic heterocycles. The molecule has 0 fully saturated rings. The Balaban J connectivity index is 2.02. The summed E-state index contributed by atoms with van der Waals surface area (Å²) in [5.41, 5.74) is 7.09. The first kappa shape index (κ1) is 12.2. The highest BCUT2D eigenvalue weighted by molar-refractivity contribution is 5.91. The number of nitrogens with zero attached hydrogens (tertiary/aromatic N) is 4. The molecule has 1 amide bonds. The Morgan fingerprint density at radius 3 is 2.72 bits per heavy atom. The second-order valence-corrected chi connectivity index (χ2v) is 4.03. The number of hydrogen-bond donors (Lipinski definition) is 2. The van der Waals surface area contributed by atoms with Crippen LogP contribution < -0.4 is 11.1 Å². The van der Waals surface area contributed by atoms with Crippen molar-refractivity contribution in [2.45, 2.75) is 19.4 Å². The first-order valence-electron chi connectivity index (χ1n) is 5.54. The molecule has 7 nitrogen and oxygen atoms in total. The fourth-order valence-electron chi connectivity index (χ4n) is 1.48. The average molecular weight is 246 g/mol. The molecule has 1 atom stereocenters. The van der Waals surface area contributed by atoms with Gasteiger partial charge in [0.25, 0.3) is 0 Å². The van der Waals surface area contributed by atoms with Crippen molar-refractivity contribution in [1.82, 2.24) is 20.2 Å². The molecule has 1 heterocycles. The van der Waals surface area contributed by atoms with Crippen LogP contribution in [0, 0.1) is 0 Å². The second kappa shape index (κ2) is 5.37. The van der Waals surface area contributed by atoms with Crippen LogP contribution in [0.4, 0.5) is 5.69 Å². The average Bonchev–Trinajstić information content (AvgIpc) is 2.82. The maximum Gasteiger partial charge on any atom is 0.225 e. The molecule has 3 N–H and O–H groups in total. The van der Waals surface area contributed by atoms with E-state index in [1.807, 2.05) is 12.1 Å². The van der Waals surface area contributed by atoms with Crippen molar-refractivity contribution in [3.63, 3.8) is 0 Å². The van der Waals surface area contributed by atoms with Gasteiger partial charge in [-0.25, -0.2) is 4.68 Å². The van der Waals surface area contributed by atoms with Gasteiger partial charge in [-0.1, -0.05) is 0 Å². The van der Waals surface area contributed by atoms with Crippen LogP contribution in [-0.2, 0) is 4.79 Å². The first-order chi connectivity index (χ1) is 8.65. The summed E-state index contributed by atoms with van der Waals surface area (Å²) < 4.78 is 1.54. The van der Waals surface area contributed by atoms with Crippen LogP contribution >= 0.6 is 0 Å². The molecule has 0 radical (unpaired) electrons. The molecule has 0 aliphatic carbocycles. The van der Waals surface area contributed by atoms with E-state index in [2.05, 4.69) is 20.8 Å². The number of nitrogens with two attached hydrogens (primary N) is 1. The van der Waals surface area contributed by atoms with E-state index in [0.717, 1.165) is 11.4 Å². The number of benzene rings is 1. The summed E-state index contributed by atoms with van der Waals surface area (Å²) >= 11 is 0.